The van der Waals surface area contributed by atoms with E-state index < -0.39 is 15.8 Å². The van der Waals surface area contributed by atoms with Crippen molar-refractivity contribution in [3.63, 3.8) is 0 Å². The molecule has 1 saturated heterocycles. The monoisotopic (exact) mass is 522 g/mol. The maximum atomic E-state index is 13.4. The Kier molecular flexibility index (Phi) is 7.21. The van der Waals surface area contributed by atoms with E-state index in [1.165, 1.54) is 28.6 Å². The molecule has 0 spiro atoms. The summed E-state index contributed by atoms with van der Waals surface area (Å²) in [5, 5.41) is 5.70. The van der Waals surface area contributed by atoms with Crippen molar-refractivity contribution in [2.75, 3.05) is 31.1 Å². The lowest BCUT2D eigenvalue weighted by Gasteiger charge is -2.24. The predicted molar refractivity (Wildman–Crippen MR) is 142 cm³/mol. The third-order valence-electron chi connectivity index (χ3n) is 6.69. The molecule has 1 aliphatic rings. The van der Waals surface area contributed by atoms with Gasteiger partial charge in [0.25, 0.3) is 0 Å². The fourth-order valence-corrected chi connectivity index (χ4v) is 6.20. The average Bonchev–Trinajstić information content (AvgIpc) is 3.06. The topological polar surface area (TPSA) is 84.2 Å². The minimum absolute atomic E-state index is 0.105. The van der Waals surface area contributed by atoms with Crippen LogP contribution < -0.4 is 4.90 Å². The summed E-state index contributed by atoms with van der Waals surface area (Å²) in [6.45, 7) is 5.93. The molecule has 8 nitrogen and oxygen atoms in total. The highest BCUT2D eigenvalue weighted by Crippen LogP contribution is 2.30. The molecule has 0 radical (unpaired) electrons. The van der Waals surface area contributed by atoms with Crippen molar-refractivity contribution >= 4 is 26.9 Å². The van der Waals surface area contributed by atoms with Gasteiger partial charge in [-0.3, -0.25) is 0 Å². The van der Waals surface area contributed by atoms with E-state index in [2.05, 4.69) is 11.8 Å². The molecular weight excluding hydrogens is 491 g/mol. The van der Waals surface area contributed by atoms with Crippen LogP contribution in [0.25, 0.3) is 16.7 Å². The van der Waals surface area contributed by atoms with Crippen LogP contribution in [-0.4, -0.2) is 58.7 Å². The second-order valence-corrected chi connectivity index (χ2v) is 11.2. The lowest BCUT2D eigenvalue weighted by atomic mass is 10.2. The number of unbranched alkanes of at least 4 members (excludes halogenated alkanes) is 1. The number of fused-ring (bicyclic) bond motifs is 1. The molecule has 1 aliphatic heterocycles. The second kappa shape index (κ2) is 10.5. The summed E-state index contributed by atoms with van der Waals surface area (Å²) in [4.78, 5) is 12.2. The van der Waals surface area contributed by atoms with Crippen LogP contribution in [0.15, 0.2) is 59.5 Å². The van der Waals surface area contributed by atoms with E-state index in [9.17, 15) is 12.8 Å². The van der Waals surface area contributed by atoms with Crippen molar-refractivity contribution in [1.29, 1.82) is 0 Å². The summed E-state index contributed by atoms with van der Waals surface area (Å²) >= 11 is 0. The molecule has 0 unspecified atom stereocenters. The maximum Gasteiger partial charge on any atom is 0.243 e. The summed E-state index contributed by atoms with van der Waals surface area (Å²) in [7, 11) is -3.72. The zero-order valence-electron chi connectivity index (χ0n) is 21.1. The molecule has 0 aliphatic carbocycles. The van der Waals surface area contributed by atoms with E-state index in [1.807, 2.05) is 41.9 Å². The highest BCUT2D eigenvalue weighted by Gasteiger charge is 2.29. The average molecular weight is 523 g/mol. The molecular formula is C27H31FN6O2S. The van der Waals surface area contributed by atoms with Gasteiger partial charge in [-0.15, -0.1) is 0 Å². The fraction of sp³-hybridized carbons (Fsp3) is 0.370. The summed E-state index contributed by atoms with van der Waals surface area (Å²) < 4.78 is 43.2. The van der Waals surface area contributed by atoms with E-state index in [0.717, 1.165) is 53.3 Å². The van der Waals surface area contributed by atoms with Crippen molar-refractivity contribution in [1.82, 2.24) is 24.1 Å². The number of hydrogen-bond donors (Lipinski definition) is 0. The van der Waals surface area contributed by atoms with Crippen LogP contribution >= 0.6 is 0 Å². The molecule has 5 rings (SSSR count). The molecule has 2 aromatic carbocycles. The van der Waals surface area contributed by atoms with Gasteiger partial charge in [-0.2, -0.15) is 9.40 Å². The molecule has 1 fully saturated rings. The first-order valence-corrected chi connectivity index (χ1v) is 14.1. The number of aromatic nitrogens is 4. The Morgan fingerprint density at radius 1 is 0.946 bits per heavy atom. The van der Waals surface area contributed by atoms with Crippen LogP contribution in [0, 0.1) is 12.7 Å². The van der Waals surface area contributed by atoms with Crippen LogP contribution in [0.5, 0.6) is 0 Å². The third kappa shape index (κ3) is 5.08. The highest BCUT2D eigenvalue weighted by molar-refractivity contribution is 7.89. The molecule has 10 heteroatoms. The molecule has 3 heterocycles. The largest absolute Gasteiger partial charge is 0.355 e. The van der Waals surface area contributed by atoms with Gasteiger partial charge in [-0.1, -0.05) is 31.5 Å². The first-order valence-electron chi connectivity index (χ1n) is 12.7. The van der Waals surface area contributed by atoms with E-state index >= 15 is 0 Å². The van der Waals surface area contributed by atoms with Gasteiger partial charge in [0, 0.05) is 32.6 Å². The quantitative estimate of drug-likeness (QED) is 0.355. The van der Waals surface area contributed by atoms with Crippen LogP contribution in [0.3, 0.4) is 0 Å². The number of aryl methyl sites for hydroxylation is 2. The number of halogens is 1. The van der Waals surface area contributed by atoms with Crippen LogP contribution in [0.4, 0.5) is 10.2 Å². The van der Waals surface area contributed by atoms with Crippen LogP contribution in [0.1, 0.15) is 37.7 Å². The van der Waals surface area contributed by atoms with Crippen LogP contribution in [0.2, 0.25) is 0 Å². The maximum absolute atomic E-state index is 13.4. The molecule has 0 N–H and O–H groups in total. The fourth-order valence-electron chi connectivity index (χ4n) is 4.73. The SMILES string of the molecule is CCCCc1nc(N2CCCN(S(=O)(=O)c3ccc(F)cc3)CC2)c2c(C)nn(-c3ccccc3)c2n1. The number of rotatable bonds is 7. The molecule has 0 saturated carbocycles. The van der Waals surface area contributed by atoms with Crippen molar-refractivity contribution in [2.45, 2.75) is 44.4 Å². The Labute approximate surface area is 216 Å². The highest BCUT2D eigenvalue weighted by atomic mass is 32.2. The summed E-state index contributed by atoms with van der Waals surface area (Å²) in [5.41, 5.74) is 2.52. The number of benzene rings is 2. The van der Waals surface area contributed by atoms with E-state index in [-0.39, 0.29) is 4.90 Å². The molecule has 0 amide bonds. The van der Waals surface area contributed by atoms with Crippen molar-refractivity contribution in [2.24, 2.45) is 0 Å². The lowest BCUT2D eigenvalue weighted by molar-refractivity contribution is 0.433. The standard InChI is InChI=1S/C27H31FN6O2S/c1-3-4-11-24-29-26(25-20(2)31-34(27(25)30-24)22-9-6-5-7-10-22)32-16-8-17-33(19-18-32)37(35,36)23-14-12-21(28)13-15-23/h5-7,9-10,12-15H,3-4,8,11,16-19H2,1-2H3. The van der Waals surface area contributed by atoms with Gasteiger partial charge in [0.2, 0.25) is 10.0 Å². The zero-order chi connectivity index (χ0) is 26.0. The van der Waals surface area contributed by atoms with Crippen molar-refractivity contribution in [3.05, 3.63) is 71.9 Å². The molecule has 0 bridgehead atoms. The Morgan fingerprint density at radius 2 is 1.70 bits per heavy atom. The first kappa shape index (κ1) is 25.3. The van der Waals surface area contributed by atoms with E-state index in [1.54, 1.807) is 0 Å². The minimum atomic E-state index is -3.72. The molecule has 2 aromatic heterocycles. The summed E-state index contributed by atoms with van der Waals surface area (Å²) in [6, 6.07) is 14.9. The molecule has 194 valence electrons. The normalized spacial score (nSPS) is 15.3. The molecule has 4 aromatic rings. The van der Waals surface area contributed by atoms with Gasteiger partial charge in [-0.25, -0.2) is 27.5 Å². The number of hydrogen-bond acceptors (Lipinski definition) is 6. The lowest BCUT2D eigenvalue weighted by Crippen LogP contribution is -2.35. The number of sulfonamides is 1. The second-order valence-electron chi connectivity index (χ2n) is 9.30. The smallest absolute Gasteiger partial charge is 0.243 e. The summed E-state index contributed by atoms with van der Waals surface area (Å²) in [5.74, 6) is 1.11. The zero-order valence-corrected chi connectivity index (χ0v) is 22.0. The minimum Gasteiger partial charge on any atom is -0.355 e. The summed E-state index contributed by atoms with van der Waals surface area (Å²) in [6.07, 6.45) is 3.42. The predicted octanol–water partition coefficient (Wildman–Crippen LogP) is 4.51. The van der Waals surface area contributed by atoms with Gasteiger partial charge in [-0.05, 0) is 56.2 Å². The first-order chi connectivity index (χ1) is 17.9. The number of anilines is 1. The van der Waals surface area contributed by atoms with Crippen molar-refractivity contribution < 1.29 is 12.8 Å². The van der Waals surface area contributed by atoms with Gasteiger partial charge in [0.15, 0.2) is 5.65 Å². The van der Waals surface area contributed by atoms with Crippen LogP contribution in [-0.2, 0) is 16.4 Å². The van der Waals surface area contributed by atoms with E-state index in [4.69, 9.17) is 15.1 Å². The van der Waals surface area contributed by atoms with E-state index in [0.29, 0.717) is 32.6 Å². The Balaban J connectivity index is 1.51. The Bertz CT molecular complexity index is 1490. The van der Waals surface area contributed by atoms with Gasteiger partial charge in [0.1, 0.15) is 17.5 Å². The molecule has 37 heavy (non-hydrogen) atoms. The van der Waals surface area contributed by atoms with Gasteiger partial charge in [0.05, 0.1) is 21.7 Å². The van der Waals surface area contributed by atoms with Gasteiger partial charge < -0.3 is 4.90 Å². The number of nitrogens with zero attached hydrogens (tertiary/aromatic N) is 6. The third-order valence-corrected chi connectivity index (χ3v) is 8.60. The number of para-hydroxylation sites is 1. The Hall–Kier alpha value is -3.37. The van der Waals surface area contributed by atoms with Gasteiger partial charge >= 0.3 is 0 Å². The Morgan fingerprint density at radius 3 is 2.43 bits per heavy atom. The molecule has 0 atom stereocenters. The van der Waals surface area contributed by atoms with Crippen molar-refractivity contribution in [3.8, 4) is 5.69 Å².